The summed E-state index contributed by atoms with van der Waals surface area (Å²) in [5, 5.41) is 22.0. The third-order valence-corrected chi connectivity index (χ3v) is 5.83. The van der Waals surface area contributed by atoms with Gasteiger partial charge in [0.1, 0.15) is 23.0 Å². The molecule has 0 saturated heterocycles. The summed E-state index contributed by atoms with van der Waals surface area (Å²) in [5.74, 6) is 0.455. The van der Waals surface area contributed by atoms with Gasteiger partial charge in [-0.25, -0.2) is 0 Å². The number of para-hydroxylation sites is 2. The normalized spacial score (nSPS) is 11.9. The minimum absolute atomic E-state index is 0. The Bertz CT molecular complexity index is 1320. The van der Waals surface area contributed by atoms with Gasteiger partial charge in [-0.05, 0) is 35.4 Å². The predicted molar refractivity (Wildman–Crippen MR) is 120 cm³/mol. The van der Waals surface area contributed by atoms with Crippen LogP contribution in [0.15, 0.2) is 84.9 Å². The fraction of sp³-hybridized carbons (Fsp3) is 0.0714. The van der Waals surface area contributed by atoms with E-state index in [2.05, 4.69) is 0 Å². The van der Waals surface area contributed by atoms with E-state index in [9.17, 15) is 19.8 Å². The molecule has 2 aliphatic rings. The molecule has 0 N–H and O–H groups in total. The number of ether oxygens (including phenoxy) is 2. The van der Waals surface area contributed by atoms with Crippen LogP contribution in [0.3, 0.4) is 0 Å². The summed E-state index contributed by atoms with van der Waals surface area (Å²) in [6, 6.07) is 25.2. The van der Waals surface area contributed by atoms with Gasteiger partial charge in [-0.15, -0.1) is 0 Å². The Balaban J connectivity index is 0.000000160. The molecule has 4 aromatic carbocycles. The molecule has 0 spiro atoms. The first kappa shape index (κ1) is 24.1. The van der Waals surface area contributed by atoms with Gasteiger partial charge in [0.25, 0.3) is 0 Å². The van der Waals surface area contributed by atoms with E-state index >= 15 is 0 Å². The Morgan fingerprint density at radius 1 is 0.543 bits per heavy atom. The SMILES string of the molecule is O=C([O-])c1cccc2c1Cc1ccccc1O2.O=C([O-])c1cccc2c1Cc1ccccc1O2.[Ni+2]. The van der Waals surface area contributed by atoms with Gasteiger partial charge in [0.2, 0.25) is 0 Å². The number of aromatic carboxylic acids is 2. The van der Waals surface area contributed by atoms with E-state index in [-0.39, 0.29) is 27.6 Å². The zero-order valence-corrected chi connectivity index (χ0v) is 19.3. The van der Waals surface area contributed by atoms with Crippen LogP contribution in [-0.2, 0) is 29.3 Å². The average Bonchev–Trinajstić information content (AvgIpc) is 2.85. The molecule has 0 unspecified atom stereocenters. The molecule has 176 valence electrons. The van der Waals surface area contributed by atoms with Crippen molar-refractivity contribution in [1.29, 1.82) is 0 Å². The van der Waals surface area contributed by atoms with Gasteiger partial charge in [-0.1, -0.05) is 60.7 Å². The molecule has 2 aliphatic heterocycles. The number of benzene rings is 4. The van der Waals surface area contributed by atoms with Crippen molar-refractivity contribution in [3.8, 4) is 23.0 Å². The van der Waals surface area contributed by atoms with Gasteiger partial charge in [0.05, 0.1) is 11.9 Å². The molecule has 6 nitrogen and oxygen atoms in total. The first-order chi connectivity index (χ1) is 16.5. The summed E-state index contributed by atoms with van der Waals surface area (Å²) in [6.07, 6.45) is 1.13. The number of carboxylic acid groups (broad SMARTS) is 2. The Morgan fingerprint density at radius 2 is 0.914 bits per heavy atom. The van der Waals surface area contributed by atoms with Crippen molar-refractivity contribution in [3.63, 3.8) is 0 Å². The van der Waals surface area contributed by atoms with E-state index in [1.807, 2.05) is 48.5 Å². The van der Waals surface area contributed by atoms with Crippen molar-refractivity contribution in [2.24, 2.45) is 0 Å². The first-order valence-corrected chi connectivity index (χ1v) is 10.7. The van der Waals surface area contributed by atoms with E-state index in [1.54, 1.807) is 36.4 Å². The maximum absolute atomic E-state index is 11.0. The summed E-state index contributed by atoms with van der Waals surface area (Å²) < 4.78 is 11.4. The van der Waals surface area contributed by atoms with Crippen LogP contribution in [0.5, 0.6) is 23.0 Å². The zero-order chi connectivity index (χ0) is 23.7. The number of fused-ring (bicyclic) bond motifs is 4. The zero-order valence-electron chi connectivity index (χ0n) is 18.3. The van der Waals surface area contributed by atoms with Crippen LogP contribution in [0.4, 0.5) is 0 Å². The Labute approximate surface area is 211 Å². The maximum Gasteiger partial charge on any atom is 2.00 e. The molecule has 0 fully saturated rings. The van der Waals surface area contributed by atoms with Crippen LogP contribution < -0.4 is 19.7 Å². The van der Waals surface area contributed by atoms with Crippen LogP contribution in [0, 0.1) is 0 Å². The number of rotatable bonds is 2. The number of carboxylic acids is 2. The van der Waals surface area contributed by atoms with Crippen LogP contribution in [-0.4, -0.2) is 11.9 Å². The molecule has 35 heavy (non-hydrogen) atoms. The molecule has 6 rings (SSSR count). The summed E-state index contributed by atoms with van der Waals surface area (Å²) in [5.41, 5.74) is 3.77. The fourth-order valence-corrected chi connectivity index (χ4v) is 4.19. The second-order valence-electron chi connectivity index (χ2n) is 7.91. The minimum atomic E-state index is -1.16. The molecule has 0 atom stereocenters. The molecular formula is C28H18NiO6. The maximum atomic E-state index is 11.0. The molecule has 7 heteroatoms. The second kappa shape index (κ2) is 10.0. The fourth-order valence-electron chi connectivity index (χ4n) is 4.19. The Kier molecular flexibility index (Phi) is 6.90. The van der Waals surface area contributed by atoms with Gasteiger partial charge >= 0.3 is 16.5 Å². The van der Waals surface area contributed by atoms with Crippen LogP contribution in [0.1, 0.15) is 43.0 Å². The van der Waals surface area contributed by atoms with E-state index in [1.165, 1.54) is 0 Å². The Morgan fingerprint density at radius 3 is 1.31 bits per heavy atom. The molecule has 0 bridgehead atoms. The van der Waals surface area contributed by atoms with Crippen molar-refractivity contribution < 1.29 is 45.8 Å². The molecule has 0 amide bonds. The van der Waals surface area contributed by atoms with Gasteiger partial charge in [-0.3, -0.25) is 0 Å². The number of hydrogen-bond donors (Lipinski definition) is 0. The van der Waals surface area contributed by atoms with Crippen molar-refractivity contribution in [2.75, 3.05) is 0 Å². The van der Waals surface area contributed by atoms with Gasteiger partial charge in [0, 0.05) is 35.1 Å². The number of carbonyl (C=O) groups excluding carboxylic acids is 2. The second-order valence-corrected chi connectivity index (χ2v) is 7.91. The third kappa shape index (κ3) is 4.77. The average molecular weight is 509 g/mol. The van der Waals surface area contributed by atoms with Gasteiger partial charge < -0.3 is 29.3 Å². The number of hydrogen-bond acceptors (Lipinski definition) is 6. The van der Waals surface area contributed by atoms with Crippen molar-refractivity contribution in [3.05, 3.63) is 118 Å². The standard InChI is InChI=1S/2C14H10O3.Ni/c2*15-14(16)10-5-3-7-13-11(10)8-9-4-1-2-6-12(9)17-13;/h2*1-7H,8H2,(H,15,16);/q;;+2/p-2. The summed E-state index contributed by atoms with van der Waals surface area (Å²) >= 11 is 0. The molecule has 2 heterocycles. The molecule has 0 saturated carbocycles. The summed E-state index contributed by atoms with van der Waals surface area (Å²) in [6.45, 7) is 0. The molecule has 0 aliphatic carbocycles. The molecule has 0 aromatic heterocycles. The smallest absolute Gasteiger partial charge is 0.545 e. The summed E-state index contributed by atoms with van der Waals surface area (Å²) in [7, 11) is 0. The van der Waals surface area contributed by atoms with Crippen molar-refractivity contribution >= 4 is 11.9 Å². The van der Waals surface area contributed by atoms with E-state index in [0.29, 0.717) is 35.5 Å². The van der Waals surface area contributed by atoms with Gasteiger partial charge in [0.15, 0.2) is 0 Å². The third-order valence-electron chi connectivity index (χ3n) is 5.83. The topological polar surface area (TPSA) is 98.7 Å². The van der Waals surface area contributed by atoms with Gasteiger partial charge in [-0.2, -0.15) is 0 Å². The van der Waals surface area contributed by atoms with Crippen LogP contribution >= 0.6 is 0 Å². The van der Waals surface area contributed by atoms with Crippen LogP contribution in [0.2, 0.25) is 0 Å². The largest absolute Gasteiger partial charge is 2.00 e. The monoisotopic (exact) mass is 508 g/mol. The first-order valence-electron chi connectivity index (χ1n) is 10.7. The van der Waals surface area contributed by atoms with Crippen LogP contribution in [0.25, 0.3) is 0 Å². The van der Waals surface area contributed by atoms with Crippen molar-refractivity contribution in [2.45, 2.75) is 12.8 Å². The quantitative estimate of drug-likeness (QED) is 0.332. The van der Waals surface area contributed by atoms with E-state index in [4.69, 9.17) is 9.47 Å². The predicted octanol–water partition coefficient (Wildman–Crippen LogP) is 3.49. The molecule has 4 aromatic rings. The van der Waals surface area contributed by atoms with E-state index in [0.717, 1.165) is 22.6 Å². The minimum Gasteiger partial charge on any atom is -0.545 e. The summed E-state index contributed by atoms with van der Waals surface area (Å²) in [4.78, 5) is 22.0. The Hall–Kier alpha value is -4.09. The van der Waals surface area contributed by atoms with Crippen molar-refractivity contribution in [1.82, 2.24) is 0 Å². The molecule has 0 radical (unpaired) electrons. The van der Waals surface area contributed by atoms with E-state index < -0.39 is 11.9 Å². The molecular weight excluding hydrogens is 491 g/mol. The number of carbonyl (C=O) groups is 2.